The van der Waals surface area contributed by atoms with Crippen molar-refractivity contribution in [1.82, 2.24) is 19.9 Å². The first-order valence-electron chi connectivity index (χ1n) is 17.8. The number of pyridine rings is 1. The van der Waals surface area contributed by atoms with Gasteiger partial charge in [0.2, 0.25) is 21.8 Å². The second kappa shape index (κ2) is 15.5. The summed E-state index contributed by atoms with van der Waals surface area (Å²) in [7, 11) is -2.29. The summed E-state index contributed by atoms with van der Waals surface area (Å²) in [5.74, 6) is -1.65. The minimum Gasteiger partial charge on any atom is -0.497 e. The number of carbonyl (C=O) groups is 3. The predicted molar refractivity (Wildman–Crippen MR) is 197 cm³/mol. The smallest absolute Gasteiger partial charge is 0.259 e. The first-order chi connectivity index (χ1) is 25.0. The zero-order valence-electron chi connectivity index (χ0n) is 29.3. The van der Waals surface area contributed by atoms with E-state index >= 15 is 0 Å². The van der Waals surface area contributed by atoms with E-state index in [0.717, 1.165) is 30.2 Å². The number of fused-ring (bicyclic) bond motifs is 1. The molecule has 2 aromatic carbocycles. The fraction of sp³-hybridized carbons (Fsp3) is 0.436. The van der Waals surface area contributed by atoms with Crippen LogP contribution in [-0.4, -0.2) is 83.8 Å². The zero-order chi connectivity index (χ0) is 37.0. The third-order valence-corrected chi connectivity index (χ3v) is 11.9. The van der Waals surface area contributed by atoms with Gasteiger partial charge in [0.05, 0.1) is 24.6 Å². The maximum Gasteiger partial charge on any atom is 0.259 e. The number of unbranched alkanes of at least 4 members (excludes halogenated alkanes) is 3. The van der Waals surface area contributed by atoms with Gasteiger partial charge in [0, 0.05) is 23.3 Å². The van der Waals surface area contributed by atoms with Crippen LogP contribution in [0.25, 0.3) is 22.0 Å². The lowest BCUT2D eigenvalue weighted by molar-refractivity contribution is -0.146. The lowest BCUT2D eigenvalue weighted by Crippen LogP contribution is -2.57. The molecule has 0 spiro atoms. The number of allylic oxidation sites excluding steroid dienone is 1. The Bertz CT molecular complexity index is 1950. The van der Waals surface area contributed by atoms with Gasteiger partial charge in [0.15, 0.2) is 0 Å². The first-order valence-corrected chi connectivity index (χ1v) is 19.3. The molecule has 12 nitrogen and oxygen atoms in total. The summed E-state index contributed by atoms with van der Waals surface area (Å²) in [4.78, 5) is 47.5. The van der Waals surface area contributed by atoms with E-state index in [2.05, 4.69) is 23.2 Å². The Kier molecular flexibility index (Phi) is 11.0. The van der Waals surface area contributed by atoms with Gasteiger partial charge < -0.3 is 24.8 Å². The predicted octanol–water partition coefficient (Wildman–Crippen LogP) is 4.43. The number of likely N-dealkylation sites (tertiary alicyclic amines) is 1. The number of ether oxygens (including phenoxy) is 2. The Morgan fingerprint density at radius 3 is 2.54 bits per heavy atom. The minimum atomic E-state index is -3.88. The molecule has 3 aromatic rings. The van der Waals surface area contributed by atoms with E-state index < -0.39 is 62.7 Å². The Hall–Kier alpha value is -4.75. The number of sulfonamides is 1. The number of methoxy groups -OCH3 is 1. The summed E-state index contributed by atoms with van der Waals surface area (Å²) in [5, 5.41) is 14.7. The van der Waals surface area contributed by atoms with Crippen molar-refractivity contribution >= 4 is 38.5 Å². The second-order valence-electron chi connectivity index (χ2n) is 13.9. The number of aliphatic hydroxyl groups excluding tert-OH is 1. The van der Waals surface area contributed by atoms with Crippen LogP contribution in [0.15, 0.2) is 79.9 Å². The van der Waals surface area contributed by atoms with Crippen molar-refractivity contribution in [3.63, 3.8) is 0 Å². The lowest BCUT2D eigenvalue weighted by Gasteiger charge is -2.28. The number of amides is 3. The van der Waals surface area contributed by atoms with Crippen molar-refractivity contribution in [2.75, 3.05) is 13.7 Å². The molecule has 6 rings (SSSR count). The van der Waals surface area contributed by atoms with Crippen molar-refractivity contribution in [3.8, 4) is 22.9 Å². The summed E-state index contributed by atoms with van der Waals surface area (Å²) in [5.41, 5.74) is -0.0111. The van der Waals surface area contributed by atoms with Crippen molar-refractivity contribution in [1.29, 1.82) is 0 Å². The van der Waals surface area contributed by atoms with Crippen LogP contribution in [0, 0.1) is 5.92 Å². The highest BCUT2D eigenvalue weighted by Gasteiger charge is 2.62. The van der Waals surface area contributed by atoms with E-state index in [1.165, 1.54) is 11.0 Å². The average Bonchev–Trinajstić information content (AvgIpc) is 4.08. The second-order valence-corrected chi connectivity index (χ2v) is 15.8. The lowest BCUT2D eigenvalue weighted by atomic mass is 10.1. The molecule has 1 aromatic heterocycles. The summed E-state index contributed by atoms with van der Waals surface area (Å²) >= 11 is 0. The Labute approximate surface area is 304 Å². The average molecular weight is 731 g/mol. The third kappa shape index (κ3) is 8.00. The Morgan fingerprint density at radius 1 is 1.10 bits per heavy atom. The van der Waals surface area contributed by atoms with Gasteiger partial charge in [-0.15, -0.1) is 13.2 Å². The highest BCUT2D eigenvalue weighted by atomic mass is 32.2. The normalized spacial score (nSPS) is 23.0. The van der Waals surface area contributed by atoms with Crippen molar-refractivity contribution in [2.24, 2.45) is 5.92 Å². The summed E-state index contributed by atoms with van der Waals surface area (Å²) in [6.45, 7) is 7.47. The fourth-order valence-corrected chi connectivity index (χ4v) is 8.21. The molecule has 0 radical (unpaired) electrons. The number of nitrogens with zero attached hydrogens (tertiary/aromatic N) is 2. The van der Waals surface area contributed by atoms with Crippen molar-refractivity contribution in [3.05, 3.63) is 79.9 Å². The van der Waals surface area contributed by atoms with E-state index in [-0.39, 0.29) is 25.8 Å². The van der Waals surface area contributed by atoms with Crippen LogP contribution in [0.4, 0.5) is 0 Å². The number of nitrogens with one attached hydrogen (secondary N) is 2. The SMILES string of the molecule is C=CCCCCCC(O)C(=O)N1C[C@H](Oc2nc(-c3ccccc3)cc3cc(OC)ccc23)CC1C(=O)N[C@]1(C(=O)NS(=O)(=O)C2CC2)CC1C=C. The highest BCUT2D eigenvalue weighted by Crippen LogP contribution is 2.45. The molecule has 13 heteroatoms. The maximum absolute atomic E-state index is 14.1. The van der Waals surface area contributed by atoms with E-state index in [4.69, 9.17) is 14.5 Å². The van der Waals surface area contributed by atoms with Gasteiger partial charge in [-0.2, -0.15) is 0 Å². The molecule has 3 fully saturated rings. The van der Waals surface area contributed by atoms with Crippen molar-refractivity contribution in [2.45, 2.75) is 86.8 Å². The van der Waals surface area contributed by atoms with Gasteiger partial charge in [-0.3, -0.25) is 19.1 Å². The molecule has 0 bridgehead atoms. The molecule has 3 amide bonds. The number of aromatic nitrogens is 1. The molecule has 1 saturated heterocycles. The van der Waals surface area contributed by atoms with Crippen LogP contribution >= 0.6 is 0 Å². The molecule has 5 atom stereocenters. The van der Waals surface area contributed by atoms with Gasteiger partial charge in [0.1, 0.15) is 29.5 Å². The van der Waals surface area contributed by atoms with Crippen molar-refractivity contribution < 1.29 is 37.4 Å². The summed E-state index contributed by atoms with van der Waals surface area (Å²) < 4.78 is 39.5. The molecule has 276 valence electrons. The van der Waals surface area contributed by atoms with Crippen LogP contribution in [0.3, 0.4) is 0 Å². The fourth-order valence-electron chi connectivity index (χ4n) is 6.85. The van der Waals surface area contributed by atoms with Crippen LogP contribution in [-0.2, 0) is 24.4 Å². The molecule has 3 aliphatic rings. The van der Waals surface area contributed by atoms with E-state index in [9.17, 15) is 27.9 Å². The van der Waals surface area contributed by atoms with Gasteiger partial charge in [-0.05, 0) is 68.2 Å². The molecule has 52 heavy (non-hydrogen) atoms. The third-order valence-electron chi connectivity index (χ3n) is 10.1. The monoisotopic (exact) mass is 730 g/mol. The molecule has 3 N–H and O–H groups in total. The van der Waals surface area contributed by atoms with Crippen LogP contribution in [0.5, 0.6) is 11.6 Å². The largest absolute Gasteiger partial charge is 0.497 e. The standard InChI is InChI=1S/C39H46N4O8S/c1-4-6-7-8-12-15-34(44)37(46)43-24-29(22-33(43)35(45)41-39(23-27(39)5-2)38(47)42-52(48,49)30-17-18-30)51-36-31-19-16-28(50-3)20-26(31)21-32(40-36)25-13-10-9-11-14-25/h4-5,9-11,13-14,16,19-21,27,29-30,33-34,44H,1-2,6-8,12,15,17-18,22-24H2,3H3,(H,41,45)(H,42,47)/t27?,29-,33?,34?,39-/m1/s1. The van der Waals surface area contributed by atoms with Gasteiger partial charge in [0.25, 0.3) is 11.8 Å². The number of aliphatic hydroxyl groups is 1. The van der Waals surface area contributed by atoms with Gasteiger partial charge >= 0.3 is 0 Å². The number of hydrogen-bond acceptors (Lipinski definition) is 9. The number of benzene rings is 2. The maximum atomic E-state index is 14.1. The van der Waals surface area contributed by atoms with Crippen LogP contribution in [0.1, 0.15) is 57.8 Å². The molecule has 1 aliphatic heterocycles. The Balaban J connectivity index is 1.27. The minimum absolute atomic E-state index is 0.0283. The highest BCUT2D eigenvalue weighted by molar-refractivity contribution is 7.91. The topological polar surface area (TPSA) is 164 Å². The number of rotatable bonds is 17. The van der Waals surface area contributed by atoms with Gasteiger partial charge in [-0.1, -0.05) is 55.3 Å². The van der Waals surface area contributed by atoms with E-state index in [0.29, 0.717) is 42.0 Å². The quantitative estimate of drug-likeness (QED) is 0.135. The number of hydrogen-bond donors (Lipinski definition) is 3. The molecular weight excluding hydrogens is 685 g/mol. The molecule has 2 saturated carbocycles. The molecular formula is C39H46N4O8S. The Morgan fingerprint density at radius 2 is 1.87 bits per heavy atom. The number of carbonyl (C=O) groups excluding carboxylic acids is 3. The molecule has 2 heterocycles. The first kappa shape index (κ1) is 37.0. The summed E-state index contributed by atoms with van der Waals surface area (Å²) in [6.07, 6.45) is 5.74. The molecule has 3 unspecified atom stereocenters. The molecule has 2 aliphatic carbocycles. The van der Waals surface area contributed by atoms with Gasteiger partial charge in [-0.25, -0.2) is 13.4 Å². The summed E-state index contributed by atoms with van der Waals surface area (Å²) in [6, 6.07) is 15.9. The van der Waals surface area contributed by atoms with Crippen LogP contribution < -0.4 is 19.5 Å². The van der Waals surface area contributed by atoms with E-state index in [1.54, 1.807) is 13.2 Å². The van der Waals surface area contributed by atoms with E-state index in [1.807, 2.05) is 54.6 Å². The zero-order valence-corrected chi connectivity index (χ0v) is 30.1. The van der Waals surface area contributed by atoms with Crippen LogP contribution in [0.2, 0.25) is 0 Å².